The molecule has 0 saturated carbocycles. The molecule has 19 heteroatoms. The monoisotopic (exact) mass is 1080 g/mol. The highest BCUT2D eigenvalue weighted by Gasteiger charge is 2.33. The van der Waals surface area contributed by atoms with Crippen LogP contribution in [0.3, 0.4) is 0 Å². The Morgan fingerprint density at radius 1 is 0.615 bits per heavy atom. The Balaban J connectivity index is 1.16. The fourth-order valence-electron chi connectivity index (χ4n) is 8.07. The number of fused-ring (bicyclic) bond motifs is 1. The highest BCUT2D eigenvalue weighted by atomic mass is 16.5. The van der Waals surface area contributed by atoms with Crippen LogP contribution in [0.2, 0.25) is 0 Å². The number of rotatable bonds is 32. The molecule has 2 aliphatic heterocycles. The molecule has 2 heterocycles. The fraction of sp³-hybridized carbons (Fsp3) is 0.475. The van der Waals surface area contributed by atoms with Crippen molar-refractivity contribution in [2.75, 3.05) is 33.0 Å². The van der Waals surface area contributed by atoms with Crippen molar-refractivity contribution in [3.05, 3.63) is 124 Å². The van der Waals surface area contributed by atoms with E-state index in [0.29, 0.717) is 49.6 Å². The van der Waals surface area contributed by atoms with E-state index in [1.807, 2.05) is 133 Å². The molecular weight excluding hydrogens is 999 g/mol. The van der Waals surface area contributed by atoms with E-state index in [-0.39, 0.29) is 62.5 Å². The van der Waals surface area contributed by atoms with Gasteiger partial charge in [-0.05, 0) is 65.8 Å². The van der Waals surface area contributed by atoms with Crippen LogP contribution in [0.5, 0.6) is 5.75 Å². The summed E-state index contributed by atoms with van der Waals surface area (Å²) in [4.78, 5) is 114. The number of esters is 3. The van der Waals surface area contributed by atoms with Gasteiger partial charge >= 0.3 is 17.9 Å². The van der Waals surface area contributed by atoms with Crippen LogP contribution in [0.15, 0.2) is 95.9 Å². The van der Waals surface area contributed by atoms with Crippen LogP contribution in [0.1, 0.15) is 122 Å². The number of H-pyrrole nitrogens is 1. The van der Waals surface area contributed by atoms with E-state index >= 15 is 0 Å². The van der Waals surface area contributed by atoms with Crippen molar-refractivity contribution < 1.29 is 52.5 Å². The van der Waals surface area contributed by atoms with Crippen molar-refractivity contribution in [3.8, 4) is 22.8 Å². The Bertz CT molecular complexity index is 2770. The molecule has 0 fully saturated rings. The zero-order valence-corrected chi connectivity index (χ0v) is 46.0. The molecule has 78 heavy (non-hydrogen) atoms. The second kappa shape index (κ2) is 31.4. The third kappa shape index (κ3) is 20.9. The molecule has 0 saturated heterocycles. The molecule has 4 amide bonds. The topological polar surface area (TPSA) is 255 Å². The van der Waals surface area contributed by atoms with Crippen molar-refractivity contribution in [3.63, 3.8) is 0 Å². The summed E-state index contributed by atoms with van der Waals surface area (Å²) in [6, 6.07) is 23.1. The lowest BCUT2D eigenvalue weighted by Gasteiger charge is -2.25. The number of nitrogens with zero attached hydrogens (tertiary/aromatic N) is 2. The van der Waals surface area contributed by atoms with Crippen molar-refractivity contribution in [2.45, 2.75) is 131 Å². The van der Waals surface area contributed by atoms with E-state index in [9.17, 15) is 38.4 Å². The normalized spacial score (nSPS) is 12.4. The number of benzene rings is 3. The summed E-state index contributed by atoms with van der Waals surface area (Å²) < 4.78 is 23.6. The lowest BCUT2D eigenvalue weighted by atomic mass is 10.1. The third-order valence-corrected chi connectivity index (χ3v) is 12.0. The molecule has 0 aliphatic carbocycles. The van der Waals surface area contributed by atoms with Gasteiger partial charge in [0.1, 0.15) is 29.6 Å². The van der Waals surface area contributed by atoms with E-state index in [1.54, 1.807) is 4.57 Å². The van der Waals surface area contributed by atoms with Crippen LogP contribution in [-0.2, 0) is 60.6 Å². The van der Waals surface area contributed by atoms with Crippen molar-refractivity contribution >= 4 is 41.5 Å². The molecule has 3 aromatic carbocycles. The summed E-state index contributed by atoms with van der Waals surface area (Å²) >= 11 is 0. The second-order valence-corrected chi connectivity index (χ2v) is 20.7. The number of carbonyl (C=O) groups is 7. The van der Waals surface area contributed by atoms with Gasteiger partial charge in [0.2, 0.25) is 23.6 Å². The Hall–Kier alpha value is -7.83. The Kier molecular flexibility index (Phi) is 24.6. The number of ether oxygens (including phenoxy) is 4. The number of unbranched alkanes of at least 4 members (excludes halogenated alkanes) is 3. The van der Waals surface area contributed by atoms with Gasteiger partial charge in [0, 0.05) is 38.9 Å². The van der Waals surface area contributed by atoms with Crippen LogP contribution in [0.25, 0.3) is 17.1 Å². The van der Waals surface area contributed by atoms with E-state index < -0.39 is 72.5 Å². The average molecular weight is 1080 g/mol. The van der Waals surface area contributed by atoms with E-state index in [4.69, 9.17) is 23.9 Å². The number of hydrogen-bond acceptors (Lipinski definition) is 13. The quantitative estimate of drug-likeness (QED) is 0.0175. The summed E-state index contributed by atoms with van der Waals surface area (Å²) in [7, 11) is 0. The molecule has 420 valence electrons. The first-order valence-corrected chi connectivity index (χ1v) is 26.9. The highest BCUT2D eigenvalue weighted by molar-refractivity contribution is 5.97. The van der Waals surface area contributed by atoms with Gasteiger partial charge in [0.15, 0.2) is 5.82 Å². The van der Waals surface area contributed by atoms with Gasteiger partial charge < -0.3 is 45.2 Å². The molecule has 3 atom stereocenters. The Labute approximate surface area is 456 Å². The molecule has 5 N–H and O–H groups in total. The number of aromatic nitrogens is 3. The first-order valence-electron chi connectivity index (χ1n) is 26.9. The summed E-state index contributed by atoms with van der Waals surface area (Å²) in [5, 5.41) is 10.3. The van der Waals surface area contributed by atoms with Gasteiger partial charge in [0.05, 0.1) is 50.7 Å². The van der Waals surface area contributed by atoms with Gasteiger partial charge in [-0.15, -0.1) is 0 Å². The van der Waals surface area contributed by atoms with E-state index in [1.165, 1.54) is 0 Å². The summed E-state index contributed by atoms with van der Waals surface area (Å²) in [5.74, 6) is -4.03. The van der Waals surface area contributed by atoms with Gasteiger partial charge in [-0.25, -0.2) is 4.98 Å². The first kappa shape index (κ1) is 61.0. The molecule has 0 bridgehead atoms. The molecular formula is C59H77N7O12. The average Bonchev–Trinajstić information content (AvgIpc) is 3.80. The minimum atomic E-state index is -1.61. The van der Waals surface area contributed by atoms with Crippen LogP contribution in [0, 0.1) is 17.8 Å². The first-order chi connectivity index (χ1) is 37.3. The Morgan fingerprint density at radius 2 is 1.18 bits per heavy atom. The molecule has 0 spiro atoms. The number of hydrogen-bond donors (Lipinski definition) is 5. The number of amides is 4. The minimum absolute atomic E-state index is 0.00585. The van der Waals surface area contributed by atoms with E-state index in [0.717, 1.165) is 47.8 Å². The van der Waals surface area contributed by atoms with Crippen molar-refractivity contribution in [2.24, 2.45) is 17.8 Å². The molecule has 19 nitrogen and oxygen atoms in total. The zero-order chi connectivity index (χ0) is 56.6. The van der Waals surface area contributed by atoms with Gasteiger partial charge in [0.25, 0.3) is 5.56 Å². The van der Waals surface area contributed by atoms with Gasteiger partial charge in [-0.1, -0.05) is 127 Å². The number of nitrogens with one attached hydrogen (secondary N) is 5. The molecule has 3 aromatic rings. The second-order valence-electron chi connectivity index (χ2n) is 20.7. The lowest BCUT2D eigenvalue weighted by molar-refractivity contribution is -0.149. The van der Waals surface area contributed by atoms with Crippen molar-refractivity contribution in [1.29, 1.82) is 0 Å². The van der Waals surface area contributed by atoms with Crippen LogP contribution in [-0.4, -0.2) is 107 Å². The molecule has 5 rings (SSSR count). The van der Waals surface area contributed by atoms with Crippen LogP contribution < -0.4 is 31.6 Å². The number of carbonyl (C=O) groups excluding carboxylic acids is 7. The fourth-order valence-corrected chi connectivity index (χ4v) is 8.07. The lowest BCUT2D eigenvalue weighted by Crippen LogP contribution is -2.57. The standard InChI is InChI=1S/C59H77N7O12/c1-38(2)35-76-52(68)26-25-46(64-58(73)49(33-54(70)78-37-40(5)6)65-57(72)48(61-41(7)67)32-53(69)77-36-39(3)4)56(71)60-27-16-8-9-17-28-75-45-24-18-21-43(29-45)31-50-59(74)66-34-51(44-22-14-11-15-23-44)62-47(55(66)63-50)30-42-19-12-10-13-20-42/h10-15,18-24,29,34,38-40,46,48-49,62H,8-9,16-17,25-28,30-33,35-37H2,1-7H3,(H,60,71)(H,61,67)(H,64,73)(H,65,72)/t46-,48-,49-/m0/s1. The minimum Gasteiger partial charge on any atom is -0.494 e. The number of imidazole rings is 1. The smallest absolute Gasteiger partial charge is 0.308 e. The molecule has 2 aliphatic rings. The van der Waals surface area contributed by atoms with E-state index in [2.05, 4.69) is 26.3 Å². The van der Waals surface area contributed by atoms with Crippen molar-refractivity contribution in [1.82, 2.24) is 35.8 Å². The van der Waals surface area contributed by atoms with Crippen LogP contribution >= 0.6 is 0 Å². The molecule has 0 aromatic heterocycles. The summed E-state index contributed by atoms with van der Waals surface area (Å²) in [6.45, 7) is 13.1. The maximum atomic E-state index is 14.0. The predicted octanol–water partition coefficient (Wildman–Crippen LogP) is 6.53. The molecule has 0 radical (unpaired) electrons. The van der Waals surface area contributed by atoms with Gasteiger partial charge in [-0.3, -0.25) is 42.9 Å². The number of aromatic amines is 1. The summed E-state index contributed by atoms with van der Waals surface area (Å²) in [6.07, 6.45) is 3.88. The largest absolute Gasteiger partial charge is 0.494 e. The SMILES string of the molecule is CC(=O)N[C@@H](CC(=O)OCC(C)C)C(=O)N[C@@H](CC(=O)OCC(C)C)C(=O)N[C@@H](CCC(=O)OCC(C)C)C(=O)NCCCCCCOc1cccc(Cc2nc3c(Cc4ccccc4)[nH]c(-c4ccccc4)cn-3c2=O)c1. The summed E-state index contributed by atoms with van der Waals surface area (Å²) in [5.41, 5.74) is 4.79. The maximum Gasteiger partial charge on any atom is 0.308 e. The predicted molar refractivity (Wildman–Crippen MR) is 294 cm³/mol. The zero-order valence-electron chi connectivity index (χ0n) is 46.0. The highest BCUT2D eigenvalue weighted by Crippen LogP contribution is 2.24. The third-order valence-electron chi connectivity index (χ3n) is 12.0. The van der Waals surface area contributed by atoms with Gasteiger partial charge in [-0.2, -0.15) is 0 Å². The Morgan fingerprint density at radius 3 is 1.79 bits per heavy atom. The molecule has 0 unspecified atom stereocenters. The van der Waals surface area contributed by atoms with Crippen LogP contribution in [0.4, 0.5) is 0 Å². The maximum absolute atomic E-state index is 14.0.